The molecule has 0 saturated heterocycles. The highest BCUT2D eigenvalue weighted by Gasteiger charge is 2.17. The van der Waals surface area contributed by atoms with E-state index in [9.17, 15) is 14.4 Å². The van der Waals surface area contributed by atoms with Gasteiger partial charge in [0.1, 0.15) is 5.75 Å². The molecule has 1 N–H and O–H groups in total. The number of anilines is 1. The van der Waals surface area contributed by atoms with Crippen LogP contribution >= 0.6 is 0 Å². The lowest BCUT2D eigenvalue weighted by Crippen LogP contribution is -2.17. The van der Waals surface area contributed by atoms with E-state index in [4.69, 9.17) is 9.47 Å². The molecule has 25 heavy (non-hydrogen) atoms. The van der Waals surface area contributed by atoms with Crippen LogP contribution in [0.2, 0.25) is 0 Å². The predicted octanol–water partition coefficient (Wildman–Crippen LogP) is 3.29. The molecule has 0 aliphatic rings. The van der Waals surface area contributed by atoms with Gasteiger partial charge in [-0.1, -0.05) is 18.7 Å². The number of ether oxygens (including phenoxy) is 2. The Morgan fingerprint density at radius 3 is 2.52 bits per heavy atom. The number of amides is 1. The van der Waals surface area contributed by atoms with Crippen LogP contribution in [0.4, 0.5) is 5.69 Å². The van der Waals surface area contributed by atoms with E-state index in [1.54, 1.807) is 38.1 Å². The first-order chi connectivity index (χ1) is 12.0. The van der Waals surface area contributed by atoms with Crippen LogP contribution in [0.25, 0.3) is 0 Å². The van der Waals surface area contributed by atoms with Gasteiger partial charge in [0.05, 0.1) is 25.8 Å². The van der Waals surface area contributed by atoms with Gasteiger partial charge in [0, 0.05) is 17.6 Å². The average Bonchev–Trinajstić information content (AvgIpc) is 2.61. The van der Waals surface area contributed by atoms with Gasteiger partial charge in [-0.2, -0.15) is 0 Å². The Morgan fingerprint density at radius 2 is 1.96 bits per heavy atom. The van der Waals surface area contributed by atoms with Crippen molar-refractivity contribution in [2.75, 3.05) is 19.0 Å². The maximum atomic E-state index is 12.6. The van der Waals surface area contributed by atoms with Gasteiger partial charge >= 0.3 is 5.97 Å². The lowest BCUT2D eigenvalue weighted by molar-refractivity contribution is -0.144. The number of rotatable bonds is 9. The summed E-state index contributed by atoms with van der Waals surface area (Å²) < 4.78 is 9.93. The predicted molar refractivity (Wildman–Crippen MR) is 95.8 cm³/mol. The number of hydrogen-bond donors (Lipinski definition) is 1. The first kappa shape index (κ1) is 20.2. The molecule has 0 bridgehead atoms. The Morgan fingerprint density at radius 1 is 1.24 bits per heavy atom. The second-order valence-electron chi connectivity index (χ2n) is 5.04. The van der Waals surface area contributed by atoms with Crippen molar-refractivity contribution in [3.63, 3.8) is 0 Å². The minimum Gasteiger partial charge on any atom is -0.497 e. The Balaban J connectivity index is 2.99. The van der Waals surface area contributed by atoms with Crippen molar-refractivity contribution in [2.45, 2.75) is 26.7 Å². The molecule has 1 aromatic carbocycles. The van der Waals surface area contributed by atoms with E-state index in [0.29, 0.717) is 17.0 Å². The van der Waals surface area contributed by atoms with Crippen LogP contribution in [0.3, 0.4) is 0 Å². The third kappa shape index (κ3) is 5.91. The summed E-state index contributed by atoms with van der Waals surface area (Å²) in [6, 6.07) is 4.78. The van der Waals surface area contributed by atoms with Crippen molar-refractivity contribution < 1.29 is 23.9 Å². The summed E-state index contributed by atoms with van der Waals surface area (Å²) in [6.45, 7) is 7.32. The number of ketones is 1. The van der Waals surface area contributed by atoms with Gasteiger partial charge in [0.2, 0.25) is 5.91 Å². The third-order valence-electron chi connectivity index (χ3n) is 3.40. The zero-order chi connectivity index (χ0) is 18.8. The standard InChI is InChI=1S/C19H23NO5/c1-5-13(6-2)19(23)15-12-14(24-4)8-9-16(15)20-17(21)10-11-18(22)25-7-3/h5-6,8-9,12H,1,7,10-11H2,2-4H3,(H,20,21)/b13-6+. The van der Waals surface area contributed by atoms with Gasteiger partial charge < -0.3 is 14.8 Å². The highest BCUT2D eigenvalue weighted by molar-refractivity contribution is 6.15. The Labute approximate surface area is 147 Å². The first-order valence-corrected chi connectivity index (χ1v) is 7.93. The van der Waals surface area contributed by atoms with E-state index in [0.717, 1.165) is 0 Å². The molecule has 0 saturated carbocycles. The number of hydrogen-bond acceptors (Lipinski definition) is 5. The fourth-order valence-corrected chi connectivity index (χ4v) is 2.11. The van der Waals surface area contributed by atoms with Gasteiger partial charge in [0.15, 0.2) is 5.78 Å². The number of allylic oxidation sites excluding steroid dienone is 3. The van der Waals surface area contributed by atoms with Crippen molar-refractivity contribution in [1.29, 1.82) is 0 Å². The normalized spacial score (nSPS) is 10.8. The molecule has 6 nitrogen and oxygen atoms in total. The van der Waals surface area contributed by atoms with Crippen molar-refractivity contribution in [3.8, 4) is 5.75 Å². The van der Waals surface area contributed by atoms with E-state index in [2.05, 4.69) is 11.9 Å². The van der Waals surface area contributed by atoms with Crippen LogP contribution < -0.4 is 10.1 Å². The molecule has 0 spiro atoms. The third-order valence-corrected chi connectivity index (χ3v) is 3.40. The van der Waals surface area contributed by atoms with Crippen LogP contribution in [0, 0.1) is 0 Å². The fraction of sp³-hybridized carbons (Fsp3) is 0.316. The molecule has 0 aliphatic carbocycles. The smallest absolute Gasteiger partial charge is 0.306 e. The van der Waals surface area contributed by atoms with Crippen molar-refractivity contribution in [3.05, 3.63) is 48.1 Å². The second-order valence-corrected chi connectivity index (χ2v) is 5.04. The first-order valence-electron chi connectivity index (χ1n) is 7.93. The molecular formula is C19H23NO5. The molecule has 134 valence electrons. The van der Waals surface area contributed by atoms with Crippen LogP contribution in [-0.2, 0) is 14.3 Å². The molecule has 0 aromatic heterocycles. The molecular weight excluding hydrogens is 322 g/mol. The highest BCUT2D eigenvalue weighted by atomic mass is 16.5. The van der Waals surface area contributed by atoms with E-state index in [-0.39, 0.29) is 36.7 Å². The molecule has 0 heterocycles. The molecule has 0 radical (unpaired) electrons. The molecule has 1 rings (SSSR count). The van der Waals surface area contributed by atoms with Gasteiger partial charge in [-0.15, -0.1) is 0 Å². The summed E-state index contributed by atoms with van der Waals surface area (Å²) in [6.07, 6.45) is 3.04. The Kier molecular flexibility index (Phi) is 8.12. The summed E-state index contributed by atoms with van der Waals surface area (Å²) in [5.41, 5.74) is 1.05. The summed E-state index contributed by atoms with van der Waals surface area (Å²) in [5.74, 6) is -0.607. The van der Waals surface area contributed by atoms with E-state index in [1.165, 1.54) is 13.2 Å². The van der Waals surface area contributed by atoms with Crippen molar-refractivity contribution in [1.82, 2.24) is 0 Å². The maximum absolute atomic E-state index is 12.6. The minimum absolute atomic E-state index is 0.0219. The number of nitrogens with one attached hydrogen (secondary N) is 1. The molecule has 0 atom stereocenters. The molecule has 0 fully saturated rings. The number of benzene rings is 1. The van der Waals surface area contributed by atoms with Crippen LogP contribution in [0.5, 0.6) is 5.75 Å². The van der Waals surface area contributed by atoms with Gasteiger partial charge in [-0.05, 0) is 32.0 Å². The molecule has 1 aromatic rings. The molecule has 6 heteroatoms. The van der Waals surface area contributed by atoms with Crippen LogP contribution in [0.15, 0.2) is 42.5 Å². The van der Waals surface area contributed by atoms with Gasteiger partial charge in [-0.25, -0.2) is 0 Å². The maximum Gasteiger partial charge on any atom is 0.306 e. The van der Waals surface area contributed by atoms with E-state index in [1.807, 2.05) is 0 Å². The number of carbonyl (C=O) groups excluding carboxylic acids is 3. The summed E-state index contributed by atoms with van der Waals surface area (Å²) in [4.78, 5) is 36.0. The Bertz CT molecular complexity index is 691. The van der Waals surface area contributed by atoms with Crippen LogP contribution in [-0.4, -0.2) is 31.4 Å². The largest absolute Gasteiger partial charge is 0.497 e. The SMILES string of the molecule is C=C/C(=C\C)C(=O)c1cc(OC)ccc1NC(=O)CCC(=O)OCC. The number of carbonyl (C=O) groups is 3. The second kappa shape index (κ2) is 10.1. The molecule has 1 amide bonds. The minimum atomic E-state index is -0.438. The number of esters is 1. The van der Waals surface area contributed by atoms with Crippen molar-refractivity contribution in [2.24, 2.45) is 0 Å². The monoisotopic (exact) mass is 345 g/mol. The van der Waals surface area contributed by atoms with Crippen molar-refractivity contribution >= 4 is 23.3 Å². The Hall–Kier alpha value is -2.89. The van der Waals surface area contributed by atoms with E-state index >= 15 is 0 Å². The van der Waals surface area contributed by atoms with Gasteiger partial charge in [-0.3, -0.25) is 14.4 Å². The van der Waals surface area contributed by atoms with Crippen LogP contribution in [0.1, 0.15) is 37.0 Å². The number of methoxy groups -OCH3 is 1. The average molecular weight is 345 g/mol. The zero-order valence-electron chi connectivity index (χ0n) is 14.8. The van der Waals surface area contributed by atoms with E-state index < -0.39 is 5.97 Å². The lowest BCUT2D eigenvalue weighted by atomic mass is 10.0. The quantitative estimate of drug-likeness (QED) is 0.321. The lowest BCUT2D eigenvalue weighted by Gasteiger charge is -2.12. The number of Topliss-reactive ketones (excluding diaryl/α,β-unsaturated/α-hetero) is 1. The topological polar surface area (TPSA) is 81.7 Å². The zero-order valence-corrected chi connectivity index (χ0v) is 14.8. The molecule has 0 aliphatic heterocycles. The summed E-state index contributed by atoms with van der Waals surface area (Å²) in [7, 11) is 1.49. The highest BCUT2D eigenvalue weighted by Crippen LogP contribution is 2.25. The summed E-state index contributed by atoms with van der Waals surface area (Å²) >= 11 is 0. The fourth-order valence-electron chi connectivity index (χ4n) is 2.11. The van der Waals surface area contributed by atoms with Gasteiger partial charge in [0.25, 0.3) is 0 Å². The molecule has 0 unspecified atom stereocenters. The summed E-state index contributed by atoms with van der Waals surface area (Å²) in [5, 5.41) is 2.66.